The summed E-state index contributed by atoms with van der Waals surface area (Å²) in [6.45, 7) is 3.17. The molecule has 2 nitrogen and oxygen atoms in total. The zero-order valence-corrected chi connectivity index (χ0v) is 6.76. The van der Waals surface area contributed by atoms with Gasteiger partial charge in [-0.1, -0.05) is 0 Å². The molecule has 2 heteroatoms. The van der Waals surface area contributed by atoms with Crippen LogP contribution in [0.5, 0.6) is 0 Å². The number of hydrogen-bond donors (Lipinski definition) is 1. The van der Waals surface area contributed by atoms with E-state index in [4.69, 9.17) is 4.42 Å². The molecule has 11 heavy (non-hydrogen) atoms. The molecule has 2 heterocycles. The summed E-state index contributed by atoms with van der Waals surface area (Å²) in [4.78, 5) is 0. The Morgan fingerprint density at radius 3 is 3.09 bits per heavy atom. The largest absolute Gasteiger partial charge is 0.469 e. The summed E-state index contributed by atoms with van der Waals surface area (Å²) < 4.78 is 5.24. The smallest absolute Gasteiger partial charge is 0.105 e. The van der Waals surface area contributed by atoms with Crippen molar-refractivity contribution >= 4 is 0 Å². The van der Waals surface area contributed by atoms with Gasteiger partial charge in [0.25, 0.3) is 0 Å². The van der Waals surface area contributed by atoms with Gasteiger partial charge in [-0.25, -0.2) is 0 Å². The van der Waals surface area contributed by atoms with E-state index in [0.717, 1.165) is 12.3 Å². The van der Waals surface area contributed by atoms with Crippen LogP contribution in [0.2, 0.25) is 0 Å². The fraction of sp³-hybridized carbons (Fsp3) is 0.556. The predicted octanol–water partition coefficient (Wildman–Crippen LogP) is 2.01. The van der Waals surface area contributed by atoms with Crippen molar-refractivity contribution in [3.05, 3.63) is 23.7 Å². The van der Waals surface area contributed by atoms with Crippen molar-refractivity contribution < 1.29 is 4.42 Å². The molecule has 0 radical (unpaired) electrons. The van der Waals surface area contributed by atoms with Crippen molar-refractivity contribution in [3.63, 3.8) is 0 Å². The van der Waals surface area contributed by atoms with Gasteiger partial charge in [-0.2, -0.15) is 0 Å². The van der Waals surface area contributed by atoms with E-state index in [1.54, 1.807) is 6.26 Å². The predicted molar refractivity (Wildman–Crippen MR) is 43.4 cm³/mol. The highest BCUT2D eigenvalue weighted by molar-refractivity contribution is 5.20. The molecular weight excluding hydrogens is 138 g/mol. The van der Waals surface area contributed by atoms with Crippen molar-refractivity contribution in [3.8, 4) is 0 Å². The fourth-order valence-corrected chi connectivity index (χ4v) is 1.71. The SMILES string of the molecule is Cc1occc1[C@H]1CCCN1. The number of furan rings is 1. The molecule has 0 aliphatic carbocycles. The Labute approximate surface area is 66.6 Å². The third-order valence-corrected chi connectivity index (χ3v) is 2.33. The van der Waals surface area contributed by atoms with Gasteiger partial charge in [-0.15, -0.1) is 0 Å². The van der Waals surface area contributed by atoms with E-state index in [-0.39, 0.29) is 0 Å². The number of rotatable bonds is 1. The highest BCUT2D eigenvalue weighted by atomic mass is 16.3. The molecule has 1 atom stereocenters. The Hall–Kier alpha value is -0.760. The monoisotopic (exact) mass is 151 g/mol. The van der Waals surface area contributed by atoms with E-state index >= 15 is 0 Å². The maximum Gasteiger partial charge on any atom is 0.105 e. The molecule has 0 unspecified atom stereocenters. The average molecular weight is 151 g/mol. The van der Waals surface area contributed by atoms with Crippen LogP contribution in [0.1, 0.15) is 30.2 Å². The van der Waals surface area contributed by atoms with E-state index in [1.165, 1.54) is 18.4 Å². The molecule has 1 aromatic heterocycles. The Bertz CT molecular complexity index is 235. The number of nitrogens with one attached hydrogen (secondary N) is 1. The van der Waals surface area contributed by atoms with Crippen LogP contribution in [-0.4, -0.2) is 6.54 Å². The first-order valence-corrected chi connectivity index (χ1v) is 4.15. The van der Waals surface area contributed by atoms with Crippen LogP contribution in [0.4, 0.5) is 0 Å². The van der Waals surface area contributed by atoms with Crippen LogP contribution in [0.15, 0.2) is 16.7 Å². The summed E-state index contributed by atoms with van der Waals surface area (Å²) >= 11 is 0. The topological polar surface area (TPSA) is 25.2 Å². The number of hydrogen-bond acceptors (Lipinski definition) is 2. The van der Waals surface area contributed by atoms with Gasteiger partial charge in [0.1, 0.15) is 5.76 Å². The molecule has 0 amide bonds. The molecule has 1 aliphatic rings. The molecule has 1 saturated heterocycles. The summed E-state index contributed by atoms with van der Waals surface area (Å²) in [5.74, 6) is 1.06. The third-order valence-electron chi connectivity index (χ3n) is 2.33. The third kappa shape index (κ3) is 1.18. The highest BCUT2D eigenvalue weighted by Gasteiger charge is 2.18. The van der Waals surface area contributed by atoms with Gasteiger partial charge >= 0.3 is 0 Å². The minimum Gasteiger partial charge on any atom is -0.469 e. The summed E-state index contributed by atoms with van der Waals surface area (Å²) in [6.07, 6.45) is 4.31. The van der Waals surface area contributed by atoms with E-state index in [0.29, 0.717) is 6.04 Å². The summed E-state index contributed by atoms with van der Waals surface area (Å²) in [5.41, 5.74) is 1.34. The lowest BCUT2D eigenvalue weighted by molar-refractivity contribution is 0.519. The Morgan fingerprint density at radius 2 is 2.55 bits per heavy atom. The minimum atomic E-state index is 0.550. The Kier molecular flexibility index (Phi) is 1.70. The lowest BCUT2D eigenvalue weighted by Gasteiger charge is -2.07. The fourth-order valence-electron chi connectivity index (χ4n) is 1.71. The van der Waals surface area contributed by atoms with Crippen LogP contribution in [-0.2, 0) is 0 Å². The molecule has 0 saturated carbocycles. The van der Waals surface area contributed by atoms with Gasteiger partial charge in [0.15, 0.2) is 0 Å². The first-order chi connectivity index (χ1) is 5.38. The Morgan fingerprint density at radius 1 is 1.64 bits per heavy atom. The van der Waals surface area contributed by atoms with Gasteiger partial charge in [0.05, 0.1) is 6.26 Å². The lowest BCUT2D eigenvalue weighted by atomic mass is 10.1. The molecular formula is C9H13NO. The van der Waals surface area contributed by atoms with Crippen molar-refractivity contribution in [2.75, 3.05) is 6.54 Å². The number of aryl methyl sites for hydroxylation is 1. The van der Waals surface area contributed by atoms with Crippen LogP contribution >= 0.6 is 0 Å². The summed E-state index contributed by atoms with van der Waals surface area (Å²) in [5, 5.41) is 3.44. The zero-order chi connectivity index (χ0) is 7.68. The van der Waals surface area contributed by atoms with Gasteiger partial charge in [0, 0.05) is 11.6 Å². The van der Waals surface area contributed by atoms with Crippen molar-refractivity contribution in [1.29, 1.82) is 0 Å². The van der Waals surface area contributed by atoms with Gasteiger partial charge < -0.3 is 9.73 Å². The molecule has 0 spiro atoms. The van der Waals surface area contributed by atoms with Crippen LogP contribution in [0.3, 0.4) is 0 Å². The molecule has 1 aliphatic heterocycles. The van der Waals surface area contributed by atoms with Crippen LogP contribution in [0, 0.1) is 6.92 Å². The van der Waals surface area contributed by atoms with Crippen molar-refractivity contribution in [1.82, 2.24) is 5.32 Å². The Balaban J connectivity index is 2.21. The molecule has 60 valence electrons. The van der Waals surface area contributed by atoms with Crippen molar-refractivity contribution in [2.45, 2.75) is 25.8 Å². The van der Waals surface area contributed by atoms with Crippen LogP contribution in [0.25, 0.3) is 0 Å². The molecule has 2 rings (SSSR count). The standard InChI is InChI=1S/C9H13NO/c1-7-8(4-6-11-7)9-3-2-5-10-9/h4,6,9-10H,2-3,5H2,1H3/t9-/m1/s1. The molecule has 1 fully saturated rings. The van der Waals surface area contributed by atoms with Gasteiger partial charge in [0.2, 0.25) is 0 Å². The molecule has 1 aromatic rings. The van der Waals surface area contributed by atoms with Gasteiger partial charge in [-0.05, 0) is 32.4 Å². The van der Waals surface area contributed by atoms with E-state index < -0.39 is 0 Å². The van der Waals surface area contributed by atoms with Crippen LogP contribution < -0.4 is 5.32 Å². The van der Waals surface area contributed by atoms with E-state index in [1.807, 2.05) is 6.92 Å². The first-order valence-electron chi connectivity index (χ1n) is 4.15. The second-order valence-electron chi connectivity index (χ2n) is 3.08. The minimum absolute atomic E-state index is 0.550. The lowest BCUT2D eigenvalue weighted by Crippen LogP contribution is -2.12. The zero-order valence-electron chi connectivity index (χ0n) is 6.76. The second-order valence-corrected chi connectivity index (χ2v) is 3.08. The quantitative estimate of drug-likeness (QED) is 0.664. The summed E-state index contributed by atoms with van der Waals surface area (Å²) in [6, 6.07) is 2.62. The maximum absolute atomic E-state index is 5.24. The summed E-state index contributed by atoms with van der Waals surface area (Å²) in [7, 11) is 0. The van der Waals surface area contributed by atoms with E-state index in [9.17, 15) is 0 Å². The molecule has 0 bridgehead atoms. The van der Waals surface area contributed by atoms with Crippen molar-refractivity contribution in [2.24, 2.45) is 0 Å². The van der Waals surface area contributed by atoms with Gasteiger partial charge in [-0.3, -0.25) is 0 Å². The second kappa shape index (κ2) is 2.70. The van der Waals surface area contributed by atoms with E-state index in [2.05, 4.69) is 11.4 Å². The normalized spacial score (nSPS) is 24.3. The maximum atomic E-state index is 5.24. The molecule has 1 N–H and O–H groups in total. The highest BCUT2D eigenvalue weighted by Crippen LogP contribution is 2.25. The molecule has 0 aromatic carbocycles. The average Bonchev–Trinajstić information content (AvgIpc) is 2.55. The first kappa shape index (κ1) is 6.92.